The van der Waals surface area contributed by atoms with Crippen LogP contribution in [-0.4, -0.2) is 18.4 Å². The summed E-state index contributed by atoms with van der Waals surface area (Å²) in [5, 5.41) is 0. The summed E-state index contributed by atoms with van der Waals surface area (Å²) >= 11 is 0. The van der Waals surface area contributed by atoms with E-state index in [1.165, 1.54) is 0 Å². The molecular weight excluding hydrogens is 310 g/mol. The highest BCUT2D eigenvalue weighted by atomic mass is 32.2. The van der Waals surface area contributed by atoms with E-state index in [1.54, 1.807) is 30.6 Å². The lowest BCUT2D eigenvalue weighted by Gasteiger charge is -2.09. The van der Waals surface area contributed by atoms with Gasteiger partial charge in [0.25, 0.3) is 0 Å². The average Bonchev–Trinajstić information content (AvgIpc) is 2.94. The Kier molecular flexibility index (Phi) is 4.16. The average molecular weight is 327 g/mol. The number of aromatic amines is 1. The molecule has 2 N–H and O–H groups in total. The second kappa shape index (κ2) is 6.26. The molecule has 0 saturated carbocycles. The zero-order valence-electron chi connectivity index (χ0n) is 12.7. The van der Waals surface area contributed by atoms with Gasteiger partial charge >= 0.3 is 0 Å². The maximum absolute atomic E-state index is 12.2. The van der Waals surface area contributed by atoms with Crippen LogP contribution in [0.15, 0.2) is 60.9 Å². The minimum atomic E-state index is -3.43. The van der Waals surface area contributed by atoms with Crippen molar-refractivity contribution in [3.8, 4) is 11.3 Å². The molecule has 0 fully saturated rings. The van der Waals surface area contributed by atoms with E-state index >= 15 is 0 Å². The second-order valence-electron chi connectivity index (χ2n) is 5.30. The smallest absolute Gasteiger partial charge is 0.236 e. The molecule has 0 amide bonds. The highest BCUT2D eigenvalue weighted by molar-refractivity contribution is 7.91. The Morgan fingerprint density at radius 1 is 1.04 bits per heavy atom. The summed E-state index contributed by atoms with van der Waals surface area (Å²) in [6.45, 7) is 1.94. The number of aryl methyl sites for hydroxylation is 1. The Labute approximate surface area is 135 Å². The van der Waals surface area contributed by atoms with E-state index in [0.717, 1.165) is 22.5 Å². The number of hydrogen-bond donors (Lipinski definition) is 2. The molecule has 0 unspecified atom stereocenters. The molecule has 0 aliphatic heterocycles. The maximum Gasteiger partial charge on any atom is 0.236 e. The van der Waals surface area contributed by atoms with Crippen molar-refractivity contribution in [3.63, 3.8) is 0 Å². The van der Waals surface area contributed by atoms with Crippen molar-refractivity contribution in [2.45, 2.75) is 12.7 Å². The van der Waals surface area contributed by atoms with E-state index in [1.807, 2.05) is 37.3 Å². The Hall–Kier alpha value is -2.60. The predicted molar refractivity (Wildman–Crippen MR) is 91.4 cm³/mol. The molecule has 0 atom stereocenters. The molecule has 6 heteroatoms. The van der Waals surface area contributed by atoms with Gasteiger partial charge in [-0.15, -0.1) is 0 Å². The zero-order valence-corrected chi connectivity index (χ0v) is 13.5. The molecule has 0 aliphatic rings. The van der Waals surface area contributed by atoms with Gasteiger partial charge in [0.15, 0.2) is 0 Å². The molecule has 3 rings (SSSR count). The van der Waals surface area contributed by atoms with E-state index in [9.17, 15) is 8.42 Å². The Morgan fingerprint density at radius 2 is 1.74 bits per heavy atom. The number of H-pyrrole nitrogens is 1. The highest BCUT2D eigenvalue weighted by Crippen LogP contribution is 2.22. The Bertz CT molecular complexity index is 885. The van der Waals surface area contributed by atoms with Crippen molar-refractivity contribution < 1.29 is 8.42 Å². The summed E-state index contributed by atoms with van der Waals surface area (Å²) in [6, 6.07) is 16.3. The van der Waals surface area contributed by atoms with Crippen molar-refractivity contribution >= 4 is 15.7 Å². The van der Waals surface area contributed by atoms with Crippen molar-refractivity contribution in [1.82, 2.24) is 9.97 Å². The van der Waals surface area contributed by atoms with Crippen LogP contribution in [0.3, 0.4) is 0 Å². The molecule has 2 aromatic carbocycles. The largest absolute Gasteiger partial charge is 0.348 e. The summed E-state index contributed by atoms with van der Waals surface area (Å²) in [6.07, 6.45) is 1.64. The van der Waals surface area contributed by atoms with Crippen LogP contribution in [0.1, 0.15) is 11.3 Å². The third-order valence-corrected chi connectivity index (χ3v) is 4.72. The third kappa shape index (κ3) is 3.78. The van der Waals surface area contributed by atoms with Gasteiger partial charge in [-0.2, -0.15) is 0 Å². The second-order valence-corrected chi connectivity index (χ2v) is 7.02. The minimum absolute atomic E-state index is 0.0476. The van der Waals surface area contributed by atoms with E-state index < -0.39 is 10.0 Å². The van der Waals surface area contributed by atoms with Gasteiger partial charge in [-0.25, -0.2) is 13.4 Å². The first-order valence-electron chi connectivity index (χ1n) is 7.18. The van der Waals surface area contributed by atoms with Gasteiger partial charge in [0, 0.05) is 16.9 Å². The third-order valence-electron chi connectivity index (χ3n) is 3.46. The predicted octanol–water partition coefficient (Wildman–Crippen LogP) is 3.33. The van der Waals surface area contributed by atoms with Crippen molar-refractivity contribution in [3.05, 3.63) is 72.2 Å². The number of nitrogens with one attached hydrogen (secondary N) is 2. The lowest BCUT2D eigenvalue weighted by molar-refractivity contribution is 0.600. The molecule has 1 heterocycles. The number of benzene rings is 2. The maximum atomic E-state index is 12.2. The van der Waals surface area contributed by atoms with Crippen LogP contribution in [0.25, 0.3) is 11.3 Å². The molecule has 0 spiro atoms. The monoisotopic (exact) mass is 327 g/mol. The van der Waals surface area contributed by atoms with Crippen LogP contribution in [-0.2, 0) is 15.8 Å². The first-order chi connectivity index (χ1) is 11.0. The summed E-state index contributed by atoms with van der Waals surface area (Å²) < 4.78 is 27.0. The van der Waals surface area contributed by atoms with E-state index in [2.05, 4.69) is 14.7 Å². The molecule has 23 heavy (non-hydrogen) atoms. The summed E-state index contributed by atoms with van der Waals surface area (Å²) in [5.74, 6) is -0.0476. The van der Waals surface area contributed by atoms with Gasteiger partial charge in [-0.1, -0.05) is 42.5 Å². The molecule has 1 aromatic heterocycles. The number of aromatic nitrogens is 2. The number of imidazole rings is 1. The van der Waals surface area contributed by atoms with Gasteiger partial charge < -0.3 is 4.98 Å². The number of hydrogen-bond acceptors (Lipinski definition) is 3. The zero-order chi connectivity index (χ0) is 16.3. The van der Waals surface area contributed by atoms with Crippen molar-refractivity contribution in [1.29, 1.82) is 0 Å². The van der Waals surface area contributed by atoms with E-state index in [-0.39, 0.29) is 5.75 Å². The highest BCUT2D eigenvalue weighted by Gasteiger charge is 2.12. The minimum Gasteiger partial charge on any atom is -0.348 e. The molecule has 118 valence electrons. The Morgan fingerprint density at radius 3 is 2.35 bits per heavy atom. The van der Waals surface area contributed by atoms with Gasteiger partial charge in [0.2, 0.25) is 10.0 Å². The van der Waals surface area contributed by atoms with Crippen LogP contribution in [0.2, 0.25) is 0 Å². The molecule has 0 bridgehead atoms. The van der Waals surface area contributed by atoms with E-state index in [0.29, 0.717) is 5.69 Å². The molecule has 5 nitrogen and oxygen atoms in total. The lowest BCUT2D eigenvalue weighted by Crippen LogP contribution is -2.14. The molecule has 0 radical (unpaired) electrons. The van der Waals surface area contributed by atoms with Crippen LogP contribution < -0.4 is 4.72 Å². The van der Waals surface area contributed by atoms with Gasteiger partial charge in [0.05, 0.1) is 17.8 Å². The van der Waals surface area contributed by atoms with Crippen LogP contribution in [0.4, 0.5) is 5.69 Å². The fraction of sp³-hybridized carbons (Fsp3) is 0.118. The van der Waals surface area contributed by atoms with Crippen LogP contribution in [0, 0.1) is 6.92 Å². The van der Waals surface area contributed by atoms with Crippen LogP contribution >= 0.6 is 0 Å². The first-order valence-corrected chi connectivity index (χ1v) is 8.83. The standard InChI is InChI=1S/C17H17N3O2S/c1-13-17(19-12-18-13)15-7-9-16(10-8-15)20-23(21,22)11-14-5-3-2-4-6-14/h2-10,12,20H,11H2,1H3,(H,18,19). The molecular formula is C17H17N3O2S. The van der Waals surface area contributed by atoms with Gasteiger partial charge in [0.1, 0.15) is 0 Å². The van der Waals surface area contributed by atoms with Crippen molar-refractivity contribution in [2.24, 2.45) is 0 Å². The van der Waals surface area contributed by atoms with Gasteiger partial charge in [-0.3, -0.25) is 4.72 Å². The number of rotatable bonds is 5. The van der Waals surface area contributed by atoms with E-state index in [4.69, 9.17) is 0 Å². The number of sulfonamides is 1. The number of nitrogens with zero attached hydrogens (tertiary/aromatic N) is 1. The fourth-order valence-electron chi connectivity index (χ4n) is 2.36. The fourth-order valence-corrected chi connectivity index (χ4v) is 3.55. The normalized spacial score (nSPS) is 11.3. The number of anilines is 1. The molecule has 3 aromatic rings. The van der Waals surface area contributed by atoms with Crippen LogP contribution in [0.5, 0.6) is 0 Å². The molecule has 0 aliphatic carbocycles. The topological polar surface area (TPSA) is 74.8 Å². The van der Waals surface area contributed by atoms with Gasteiger partial charge in [-0.05, 0) is 24.6 Å². The Balaban J connectivity index is 1.74. The first kappa shape index (κ1) is 15.3. The van der Waals surface area contributed by atoms with Crippen molar-refractivity contribution in [2.75, 3.05) is 4.72 Å². The SMILES string of the molecule is Cc1[nH]cnc1-c1ccc(NS(=O)(=O)Cc2ccccc2)cc1. The summed E-state index contributed by atoms with van der Waals surface area (Å²) in [4.78, 5) is 7.28. The quantitative estimate of drug-likeness (QED) is 0.755. The summed E-state index contributed by atoms with van der Waals surface area (Å²) in [5.41, 5.74) is 4.07. The summed E-state index contributed by atoms with van der Waals surface area (Å²) in [7, 11) is -3.43. The lowest BCUT2D eigenvalue weighted by atomic mass is 10.1. The molecule has 0 saturated heterocycles.